The maximum absolute atomic E-state index is 11.6. The van der Waals surface area contributed by atoms with Crippen molar-refractivity contribution in [3.8, 4) is 11.5 Å². The molecule has 162 valence electrons. The van der Waals surface area contributed by atoms with Crippen LogP contribution in [0.4, 0.5) is 0 Å². The Balaban J connectivity index is 1.46. The number of β-amino-alcohol motifs (C(OH)–C–C–N with tert-alkyl or cyclic N) is 1. The number of ether oxygens (including phenoxy) is 2. The molecule has 1 aliphatic rings. The van der Waals surface area contributed by atoms with E-state index in [1.54, 1.807) is 25.3 Å². The van der Waals surface area contributed by atoms with E-state index in [1.165, 1.54) is 22.9 Å². The maximum Gasteiger partial charge on any atom is 0.161 e. The lowest BCUT2D eigenvalue weighted by Crippen LogP contribution is -2.42. The zero-order valence-electron chi connectivity index (χ0n) is 17.8. The molecule has 2 aromatic carbocycles. The molecule has 2 unspecified atom stereocenters. The third-order valence-electron chi connectivity index (χ3n) is 5.63. The lowest BCUT2D eigenvalue weighted by Gasteiger charge is -2.37. The van der Waals surface area contributed by atoms with Gasteiger partial charge in [0.1, 0.15) is 12.7 Å². The van der Waals surface area contributed by atoms with E-state index in [0.717, 1.165) is 13.0 Å². The zero-order valence-corrected chi connectivity index (χ0v) is 18.6. The SMILES string of the molecule is COc1cc(C(C)=O)ccc1OCC(O)CN1CCc2sccc2C1c1ccccc1. The second-order valence-corrected chi connectivity index (χ2v) is 8.74. The summed E-state index contributed by atoms with van der Waals surface area (Å²) in [5, 5.41) is 12.9. The number of ketones is 1. The summed E-state index contributed by atoms with van der Waals surface area (Å²) in [5.41, 5.74) is 3.13. The van der Waals surface area contributed by atoms with Gasteiger partial charge in [0.05, 0.1) is 13.2 Å². The normalized spacial score (nSPS) is 17.1. The number of hydrogen-bond donors (Lipinski definition) is 1. The highest BCUT2D eigenvalue weighted by Crippen LogP contribution is 2.37. The van der Waals surface area contributed by atoms with E-state index in [-0.39, 0.29) is 18.4 Å². The van der Waals surface area contributed by atoms with E-state index >= 15 is 0 Å². The van der Waals surface area contributed by atoms with E-state index in [1.807, 2.05) is 17.4 Å². The Bertz CT molecular complexity index is 1030. The standard InChI is InChI=1S/C25H27NO4S/c1-17(27)19-8-9-22(23(14-19)29-2)30-16-20(28)15-26-12-10-24-21(11-13-31-24)25(26)18-6-4-3-5-7-18/h3-9,11,13-14,20,25,28H,10,12,15-16H2,1-2H3. The molecular weight excluding hydrogens is 410 g/mol. The van der Waals surface area contributed by atoms with Crippen molar-refractivity contribution in [1.29, 1.82) is 0 Å². The fraction of sp³-hybridized carbons (Fsp3) is 0.320. The van der Waals surface area contributed by atoms with E-state index in [9.17, 15) is 9.90 Å². The highest BCUT2D eigenvalue weighted by molar-refractivity contribution is 7.10. The van der Waals surface area contributed by atoms with Crippen LogP contribution in [0.15, 0.2) is 60.0 Å². The van der Waals surface area contributed by atoms with Gasteiger partial charge in [-0.05, 0) is 54.1 Å². The van der Waals surface area contributed by atoms with Gasteiger partial charge < -0.3 is 14.6 Å². The molecule has 0 radical (unpaired) electrons. The summed E-state index contributed by atoms with van der Waals surface area (Å²) in [6.07, 6.45) is 0.327. The average Bonchev–Trinajstić information content (AvgIpc) is 3.26. The third kappa shape index (κ3) is 4.82. The molecular formula is C25H27NO4S. The van der Waals surface area contributed by atoms with Crippen LogP contribution in [0.3, 0.4) is 0 Å². The lowest BCUT2D eigenvalue weighted by molar-refractivity contribution is 0.0549. The van der Waals surface area contributed by atoms with E-state index in [4.69, 9.17) is 9.47 Å². The molecule has 0 bridgehead atoms. The lowest BCUT2D eigenvalue weighted by atomic mass is 9.93. The number of hydrogen-bond acceptors (Lipinski definition) is 6. The number of Topliss-reactive ketones (excluding diaryl/α,β-unsaturated/α-hetero) is 1. The number of methoxy groups -OCH3 is 1. The van der Waals surface area contributed by atoms with Crippen LogP contribution in [0.1, 0.15) is 39.3 Å². The Morgan fingerprint density at radius 1 is 1.19 bits per heavy atom. The van der Waals surface area contributed by atoms with Gasteiger partial charge in [-0.25, -0.2) is 0 Å². The number of carbonyl (C=O) groups is 1. The molecule has 31 heavy (non-hydrogen) atoms. The molecule has 1 aliphatic heterocycles. The van der Waals surface area contributed by atoms with Gasteiger partial charge in [0, 0.05) is 23.5 Å². The topological polar surface area (TPSA) is 59.0 Å². The van der Waals surface area contributed by atoms with Crippen LogP contribution >= 0.6 is 11.3 Å². The van der Waals surface area contributed by atoms with Crippen molar-refractivity contribution < 1.29 is 19.4 Å². The van der Waals surface area contributed by atoms with Crippen LogP contribution in [0.25, 0.3) is 0 Å². The predicted octanol–water partition coefficient (Wildman–Crippen LogP) is 4.35. The largest absolute Gasteiger partial charge is 0.493 e. The predicted molar refractivity (Wildman–Crippen MR) is 122 cm³/mol. The fourth-order valence-corrected chi connectivity index (χ4v) is 5.01. The molecule has 5 nitrogen and oxygen atoms in total. The zero-order chi connectivity index (χ0) is 21.8. The van der Waals surface area contributed by atoms with Gasteiger partial charge in [-0.2, -0.15) is 0 Å². The van der Waals surface area contributed by atoms with E-state index < -0.39 is 6.10 Å². The van der Waals surface area contributed by atoms with Crippen LogP contribution in [0.2, 0.25) is 0 Å². The van der Waals surface area contributed by atoms with Crippen molar-refractivity contribution in [3.63, 3.8) is 0 Å². The molecule has 6 heteroatoms. The molecule has 3 aromatic rings. The Kier molecular flexibility index (Phi) is 6.70. The van der Waals surface area contributed by atoms with E-state index in [0.29, 0.717) is 23.6 Å². The summed E-state index contributed by atoms with van der Waals surface area (Å²) in [5.74, 6) is 0.975. The van der Waals surface area contributed by atoms with Gasteiger partial charge >= 0.3 is 0 Å². The number of fused-ring (bicyclic) bond motifs is 1. The second-order valence-electron chi connectivity index (χ2n) is 7.74. The van der Waals surface area contributed by atoms with Crippen molar-refractivity contribution in [2.24, 2.45) is 0 Å². The number of rotatable bonds is 8. The van der Waals surface area contributed by atoms with Crippen molar-refractivity contribution >= 4 is 17.1 Å². The summed E-state index contributed by atoms with van der Waals surface area (Å²) < 4.78 is 11.2. The number of thiophene rings is 1. The van der Waals surface area contributed by atoms with Gasteiger partial charge in [0.15, 0.2) is 17.3 Å². The van der Waals surface area contributed by atoms with Crippen LogP contribution in [-0.2, 0) is 6.42 Å². The summed E-state index contributed by atoms with van der Waals surface area (Å²) in [7, 11) is 1.54. The minimum Gasteiger partial charge on any atom is -0.493 e. The first-order chi connectivity index (χ1) is 15.1. The second kappa shape index (κ2) is 9.64. The molecule has 1 aromatic heterocycles. The van der Waals surface area contributed by atoms with Crippen LogP contribution in [0, 0.1) is 0 Å². The first-order valence-electron chi connectivity index (χ1n) is 10.4. The smallest absolute Gasteiger partial charge is 0.161 e. The van der Waals surface area contributed by atoms with Crippen LogP contribution in [0.5, 0.6) is 11.5 Å². The molecule has 0 fully saturated rings. The van der Waals surface area contributed by atoms with Gasteiger partial charge in [0.2, 0.25) is 0 Å². The van der Waals surface area contributed by atoms with Gasteiger partial charge in [-0.1, -0.05) is 30.3 Å². The molecule has 2 atom stereocenters. The van der Waals surface area contributed by atoms with Crippen molar-refractivity contribution in [2.75, 3.05) is 26.8 Å². The molecule has 0 spiro atoms. The van der Waals surface area contributed by atoms with Crippen molar-refractivity contribution in [1.82, 2.24) is 4.90 Å². The number of carbonyl (C=O) groups excluding carboxylic acids is 1. The van der Waals surface area contributed by atoms with Gasteiger partial charge in [-0.3, -0.25) is 9.69 Å². The van der Waals surface area contributed by atoms with E-state index in [2.05, 4.69) is 40.6 Å². The molecule has 0 saturated heterocycles. The number of benzene rings is 2. The average molecular weight is 438 g/mol. The minimum absolute atomic E-state index is 0.0327. The number of aliphatic hydroxyl groups excluding tert-OH is 1. The first kappa shape index (κ1) is 21.6. The summed E-state index contributed by atoms with van der Waals surface area (Å²) in [6, 6.07) is 17.9. The van der Waals surface area contributed by atoms with Crippen LogP contribution in [-0.4, -0.2) is 48.7 Å². The van der Waals surface area contributed by atoms with Crippen molar-refractivity contribution in [2.45, 2.75) is 25.5 Å². The number of aliphatic hydroxyl groups is 1. The van der Waals surface area contributed by atoms with Gasteiger partial charge in [-0.15, -0.1) is 11.3 Å². The highest BCUT2D eigenvalue weighted by atomic mass is 32.1. The summed E-state index contributed by atoms with van der Waals surface area (Å²) in [6.45, 7) is 3.05. The Labute approximate surface area is 186 Å². The Hall–Kier alpha value is -2.67. The Morgan fingerprint density at radius 3 is 2.74 bits per heavy atom. The monoisotopic (exact) mass is 437 g/mol. The fourth-order valence-electron chi connectivity index (χ4n) is 4.11. The third-order valence-corrected chi connectivity index (χ3v) is 6.62. The maximum atomic E-state index is 11.6. The minimum atomic E-state index is -0.663. The van der Waals surface area contributed by atoms with Crippen LogP contribution < -0.4 is 9.47 Å². The Morgan fingerprint density at radius 2 is 2.00 bits per heavy atom. The van der Waals surface area contributed by atoms with Crippen molar-refractivity contribution in [3.05, 3.63) is 81.5 Å². The quantitative estimate of drug-likeness (QED) is 0.531. The summed E-state index contributed by atoms with van der Waals surface area (Å²) in [4.78, 5) is 15.3. The molecule has 2 heterocycles. The molecule has 4 rings (SSSR count). The molecule has 0 aliphatic carbocycles. The molecule has 0 saturated carbocycles. The summed E-state index contributed by atoms with van der Waals surface area (Å²) >= 11 is 1.81. The molecule has 1 N–H and O–H groups in total. The number of nitrogens with zero attached hydrogens (tertiary/aromatic N) is 1. The first-order valence-corrected chi connectivity index (χ1v) is 11.3. The highest BCUT2D eigenvalue weighted by Gasteiger charge is 2.30. The molecule has 0 amide bonds. The van der Waals surface area contributed by atoms with Gasteiger partial charge in [0.25, 0.3) is 0 Å².